The molecule has 2 aromatic rings. The van der Waals surface area contributed by atoms with E-state index < -0.39 is 5.54 Å². The first-order chi connectivity index (χ1) is 15.1. The van der Waals surface area contributed by atoms with Crippen molar-refractivity contribution in [3.63, 3.8) is 0 Å². The van der Waals surface area contributed by atoms with Crippen molar-refractivity contribution < 1.29 is 14.4 Å². The molecule has 7 nitrogen and oxygen atoms in total. The summed E-state index contributed by atoms with van der Waals surface area (Å²) >= 11 is 1.61. The van der Waals surface area contributed by atoms with Crippen LogP contribution < -0.4 is 5.32 Å². The van der Waals surface area contributed by atoms with E-state index in [9.17, 15) is 14.4 Å². The summed E-state index contributed by atoms with van der Waals surface area (Å²) in [5.41, 5.74) is -0.475. The highest BCUT2D eigenvalue weighted by Crippen LogP contribution is 2.41. The Morgan fingerprint density at radius 3 is 2.74 bits per heavy atom. The SMILES string of the molecule is CC#CC(=O)N1CCC([C@@]2(c3cccnc3)NC(=O)N(CCc3cccs3)C2=O)CC1. The van der Waals surface area contributed by atoms with Gasteiger partial charge >= 0.3 is 6.03 Å². The Labute approximate surface area is 185 Å². The zero-order valence-electron chi connectivity index (χ0n) is 17.3. The number of carbonyl (C=O) groups is 3. The number of thiophene rings is 1. The highest BCUT2D eigenvalue weighted by Gasteiger charge is 2.57. The van der Waals surface area contributed by atoms with Crippen molar-refractivity contribution in [1.82, 2.24) is 20.1 Å². The summed E-state index contributed by atoms with van der Waals surface area (Å²) in [6.07, 6.45) is 5.12. The second-order valence-corrected chi connectivity index (χ2v) is 8.74. The van der Waals surface area contributed by atoms with Gasteiger partial charge in [0, 0.05) is 42.5 Å². The number of imide groups is 1. The largest absolute Gasteiger partial charge is 0.332 e. The summed E-state index contributed by atoms with van der Waals surface area (Å²) in [5.74, 6) is 4.64. The van der Waals surface area contributed by atoms with Crippen LogP contribution in [0.3, 0.4) is 0 Å². The van der Waals surface area contributed by atoms with Crippen LogP contribution >= 0.6 is 11.3 Å². The van der Waals surface area contributed by atoms with Gasteiger partial charge in [-0.3, -0.25) is 19.5 Å². The van der Waals surface area contributed by atoms with E-state index in [2.05, 4.69) is 22.1 Å². The molecular formula is C23H24N4O3S. The number of carbonyl (C=O) groups excluding carboxylic acids is 3. The summed E-state index contributed by atoms with van der Waals surface area (Å²) in [6, 6.07) is 7.21. The average molecular weight is 437 g/mol. The maximum atomic E-state index is 13.7. The molecule has 2 fully saturated rings. The fourth-order valence-electron chi connectivity index (χ4n) is 4.48. The zero-order chi connectivity index (χ0) is 21.8. The first-order valence-electron chi connectivity index (χ1n) is 10.3. The minimum absolute atomic E-state index is 0.140. The second-order valence-electron chi connectivity index (χ2n) is 7.71. The summed E-state index contributed by atoms with van der Waals surface area (Å²) < 4.78 is 0. The normalized spacial score (nSPS) is 21.6. The topological polar surface area (TPSA) is 82.6 Å². The summed E-state index contributed by atoms with van der Waals surface area (Å²) in [6.45, 7) is 2.97. The lowest BCUT2D eigenvalue weighted by Crippen LogP contribution is -2.54. The van der Waals surface area contributed by atoms with E-state index in [0.29, 0.717) is 44.5 Å². The molecule has 0 unspecified atom stereocenters. The van der Waals surface area contributed by atoms with Crippen molar-refractivity contribution in [2.75, 3.05) is 19.6 Å². The van der Waals surface area contributed by atoms with Crippen molar-refractivity contribution in [3.05, 3.63) is 52.5 Å². The van der Waals surface area contributed by atoms with Crippen LogP contribution in [0.2, 0.25) is 0 Å². The highest BCUT2D eigenvalue weighted by molar-refractivity contribution is 7.09. The lowest BCUT2D eigenvalue weighted by atomic mass is 9.73. The first kappa shape index (κ1) is 21.1. The standard InChI is InChI=1S/C23H24N4O3S/c1-2-5-20(28)26-12-8-17(9-13-26)23(18-6-3-11-24-16-18)21(29)27(22(30)25-23)14-10-19-7-4-15-31-19/h3-4,6-7,11,15-17H,8-10,12-14H2,1H3,(H,25,30)/t23-/m0/s1. The third-order valence-electron chi connectivity index (χ3n) is 6.04. The lowest BCUT2D eigenvalue weighted by molar-refractivity contribution is -0.135. The minimum atomic E-state index is -1.16. The molecule has 0 spiro atoms. The van der Waals surface area contributed by atoms with Gasteiger partial charge in [-0.1, -0.05) is 18.1 Å². The number of nitrogens with zero attached hydrogens (tertiary/aromatic N) is 3. The van der Waals surface area contributed by atoms with Gasteiger partial charge in [-0.15, -0.1) is 11.3 Å². The van der Waals surface area contributed by atoms with Crippen molar-refractivity contribution in [3.8, 4) is 11.8 Å². The van der Waals surface area contributed by atoms with Gasteiger partial charge in [-0.05, 0) is 55.5 Å². The van der Waals surface area contributed by atoms with E-state index in [0.717, 1.165) is 4.88 Å². The Bertz CT molecular complexity index is 1020. The maximum Gasteiger partial charge on any atom is 0.325 e. The molecule has 31 heavy (non-hydrogen) atoms. The Morgan fingerprint density at radius 2 is 2.10 bits per heavy atom. The molecule has 0 aromatic carbocycles. The van der Waals surface area contributed by atoms with Crippen LogP contribution in [-0.2, 0) is 21.5 Å². The highest BCUT2D eigenvalue weighted by atomic mass is 32.1. The van der Waals surface area contributed by atoms with Crippen LogP contribution in [0, 0.1) is 17.8 Å². The molecule has 1 N–H and O–H groups in total. The van der Waals surface area contributed by atoms with E-state index in [1.54, 1.807) is 41.6 Å². The van der Waals surface area contributed by atoms with E-state index in [1.165, 1.54) is 4.90 Å². The van der Waals surface area contributed by atoms with Crippen LogP contribution in [0.15, 0.2) is 42.0 Å². The number of nitrogens with one attached hydrogen (secondary N) is 1. The Morgan fingerprint density at radius 1 is 1.29 bits per heavy atom. The third-order valence-corrected chi connectivity index (χ3v) is 6.97. The molecule has 8 heteroatoms. The van der Waals surface area contributed by atoms with Gasteiger partial charge in [0.1, 0.15) is 0 Å². The molecular weight excluding hydrogens is 412 g/mol. The number of piperidine rings is 1. The molecule has 0 aliphatic carbocycles. The van der Waals surface area contributed by atoms with Gasteiger partial charge in [0.25, 0.3) is 11.8 Å². The molecule has 2 aliphatic rings. The number of rotatable bonds is 5. The predicted octanol–water partition coefficient (Wildman–Crippen LogP) is 2.39. The minimum Gasteiger partial charge on any atom is -0.332 e. The third kappa shape index (κ3) is 3.93. The zero-order valence-corrected chi connectivity index (χ0v) is 18.2. The van der Waals surface area contributed by atoms with Crippen LogP contribution in [0.5, 0.6) is 0 Å². The molecule has 160 valence electrons. The molecule has 4 heterocycles. The number of hydrogen-bond acceptors (Lipinski definition) is 5. The van der Waals surface area contributed by atoms with E-state index in [4.69, 9.17) is 0 Å². The lowest BCUT2D eigenvalue weighted by Gasteiger charge is -2.40. The molecule has 2 aliphatic heterocycles. The Balaban J connectivity index is 1.59. The first-order valence-corrected chi connectivity index (χ1v) is 11.2. The number of urea groups is 1. The van der Waals surface area contributed by atoms with Crippen LogP contribution in [-0.4, -0.2) is 52.3 Å². The van der Waals surface area contributed by atoms with Crippen molar-refractivity contribution in [2.45, 2.75) is 31.7 Å². The second kappa shape index (κ2) is 8.90. The van der Waals surface area contributed by atoms with Gasteiger partial charge in [-0.25, -0.2) is 4.79 Å². The molecule has 1 atom stereocenters. The number of pyridine rings is 1. The molecule has 2 saturated heterocycles. The molecule has 2 aromatic heterocycles. The predicted molar refractivity (Wildman–Crippen MR) is 117 cm³/mol. The van der Waals surface area contributed by atoms with Crippen molar-refractivity contribution in [2.24, 2.45) is 5.92 Å². The fraction of sp³-hybridized carbons (Fsp3) is 0.391. The Kier molecular flexibility index (Phi) is 6.05. The molecule has 4 amide bonds. The monoisotopic (exact) mass is 436 g/mol. The van der Waals surface area contributed by atoms with Gasteiger partial charge < -0.3 is 10.2 Å². The number of aromatic nitrogens is 1. The van der Waals surface area contributed by atoms with Gasteiger partial charge in [0.2, 0.25) is 0 Å². The molecule has 4 rings (SSSR count). The smallest absolute Gasteiger partial charge is 0.325 e. The Hall–Kier alpha value is -3.18. The van der Waals surface area contributed by atoms with Crippen LogP contribution in [0.25, 0.3) is 0 Å². The average Bonchev–Trinajstić information content (AvgIpc) is 3.40. The summed E-state index contributed by atoms with van der Waals surface area (Å²) in [5, 5.41) is 5.01. The molecule has 0 saturated carbocycles. The number of likely N-dealkylation sites (tertiary alicyclic amines) is 1. The van der Waals surface area contributed by atoms with Gasteiger partial charge in [0.15, 0.2) is 5.54 Å². The van der Waals surface area contributed by atoms with Crippen LogP contribution in [0.1, 0.15) is 30.2 Å². The van der Waals surface area contributed by atoms with Gasteiger partial charge in [0.05, 0.1) is 0 Å². The van der Waals surface area contributed by atoms with Gasteiger partial charge in [-0.2, -0.15) is 0 Å². The van der Waals surface area contributed by atoms with E-state index in [-0.39, 0.29) is 23.8 Å². The van der Waals surface area contributed by atoms with E-state index in [1.807, 2.05) is 23.6 Å². The number of amides is 4. The maximum absolute atomic E-state index is 13.7. The number of hydrogen-bond donors (Lipinski definition) is 1. The molecule has 0 radical (unpaired) electrons. The fourth-order valence-corrected chi connectivity index (χ4v) is 5.18. The van der Waals surface area contributed by atoms with E-state index >= 15 is 0 Å². The van der Waals surface area contributed by atoms with Crippen molar-refractivity contribution in [1.29, 1.82) is 0 Å². The summed E-state index contributed by atoms with van der Waals surface area (Å²) in [4.78, 5) is 47.2. The van der Waals surface area contributed by atoms with Crippen LogP contribution in [0.4, 0.5) is 4.79 Å². The van der Waals surface area contributed by atoms with Crippen molar-refractivity contribution >= 4 is 29.2 Å². The quantitative estimate of drug-likeness (QED) is 0.576. The molecule has 0 bridgehead atoms. The summed E-state index contributed by atoms with van der Waals surface area (Å²) in [7, 11) is 0.